The van der Waals surface area contributed by atoms with Crippen LogP contribution < -0.4 is 19.7 Å². The Hall–Kier alpha value is -2.36. The second-order valence-corrected chi connectivity index (χ2v) is 9.68. The SMILES string of the molecule is COCCOCc1cccc2c1O[C@@]1(CCNC[C@@H]1OCc1ccc3c(c1)OCCN3CCOC)C2. The Morgan fingerprint density at radius 3 is 2.89 bits per heavy atom. The molecule has 0 saturated carbocycles. The number of nitrogens with zero attached hydrogens (tertiary/aromatic N) is 1. The number of nitrogens with one attached hydrogen (secondary N) is 1. The van der Waals surface area contributed by atoms with Gasteiger partial charge in [-0.25, -0.2) is 0 Å². The minimum absolute atomic E-state index is 0.0592. The van der Waals surface area contributed by atoms with Crippen LogP contribution in [-0.2, 0) is 38.6 Å². The smallest absolute Gasteiger partial charge is 0.143 e. The van der Waals surface area contributed by atoms with Crippen molar-refractivity contribution in [3.8, 4) is 11.5 Å². The summed E-state index contributed by atoms with van der Waals surface area (Å²) in [6, 6.07) is 12.7. The summed E-state index contributed by atoms with van der Waals surface area (Å²) >= 11 is 0. The molecule has 3 heterocycles. The van der Waals surface area contributed by atoms with Crippen LogP contribution in [0.4, 0.5) is 5.69 Å². The summed E-state index contributed by atoms with van der Waals surface area (Å²) in [5.41, 5.74) is 4.18. The molecule has 1 spiro atoms. The average Bonchev–Trinajstić information content (AvgIpc) is 3.28. The van der Waals surface area contributed by atoms with Crippen LogP contribution in [0.3, 0.4) is 0 Å². The van der Waals surface area contributed by atoms with Crippen molar-refractivity contribution >= 4 is 5.69 Å². The van der Waals surface area contributed by atoms with Crippen LogP contribution >= 0.6 is 0 Å². The molecule has 3 aliphatic rings. The van der Waals surface area contributed by atoms with Crippen LogP contribution in [0.1, 0.15) is 23.1 Å². The first-order chi connectivity index (χ1) is 17.7. The molecule has 0 unspecified atom stereocenters. The van der Waals surface area contributed by atoms with E-state index >= 15 is 0 Å². The van der Waals surface area contributed by atoms with E-state index in [2.05, 4.69) is 46.6 Å². The van der Waals surface area contributed by atoms with Crippen LogP contribution in [0.15, 0.2) is 36.4 Å². The molecular formula is C28H38N2O6. The van der Waals surface area contributed by atoms with Gasteiger partial charge in [-0.1, -0.05) is 24.3 Å². The fourth-order valence-corrected chi connectivity index (χ4v) is 5.36. The van der Waals surface area contributed by atoms with E-state index in [1.165, 1.54) is 5.56 Å². The highest BCUT2D eigenvalue weighted by atomic mass is 16.6. The molecule has 0 amide bonds. The zero-order valence-corrected chi connectivity index (χ0v) is 21.4. The zero-order chi connectivity index (χ0) is 24.8. The molecule has 5 rings (SSSR count). The largest absolute Gasteiger partial charge is 0.490 e. The Morgan fingerprint density at radius 2 is 2.00 bits per heavy atom. The van der Waals surface area contributed by atoms with Crippen LogP contribution in [0.2, 0.25) is 0 Å². The normalized spacial score (nSPS) is 22.7. The third kappa shape index (κ3) is 5.48. The van der Waals surface area contributed by atoms with Crippen molar-refractivity contribution in [1.82, 2.24) is 5.32 Å². The third-order valence-electron chi connectivity index (χ3n) is 7.30. The first-order valence-corrected chi connectivity index (χ1v) is 12.9. The molecule has 2 aromatic rings. The number of rotatable bonds is 11. The number of ether oxygens (including phenoxy) is 6. The second-order valence-electron chi connectivity index (χ2n) is 9.68. The molecule has 2 aromatic carbocycles. The van der Waals surface area contributed by atoms with Crippen LogP contribution in [0, 0.1) is 0 Å². The van der Waals surface area contributed by atoms with Crippen LogP contribution in [0.5, 0.6) is 11.5 Å². The maximum absolute atomic E-state index is 6.75. The van der Waals surface area contributed by atoms with Gasteiger partial charge in [0.25, 0.3) is 0 Å². The molecular weight excluding hydrogens is 460 g/mol. The van der Waals surface area contributed by atoms with Gasteiger partial charge in [-0.15, -0.1) is 0 Å². The standard InChI is InChI=1S/C28H38N2O6/c1-31-12-10-30-11-13-34-25-16-21(6-7-24(25)30)19-35-26-18-29-9-8-28(26)17-22-4-3-5-23(27(22)36-28)20-33-15-14-32-2/h3-7,16,26,29H,8-15,17-20H2,1-2H3/t26-,28-/m0/s1. The fourth-order valence-electron chi connectivity index (χ4n) is 5.36. The van der Waals surface area contributed by atoms with Gasteiger partial charge < -0.3 is 38.6 Å². The summed E-state index contributed by atoms with van der Waals surface area (Å²) in [4.78, 5) is 2.31. The molecule has 0 bridgehead atoms. The van der Waals surface area contributed by atoms with Crippen LogP contribution in [-0.4, -0.2) is 78.5 Å². The van der Waals surface area contributed by atoms with Crippen LogP contribution in [0.25, 0.3) is 0 Å². The predicted octanol–water partition coefficient (Wildman–Crippen LogP) is 2.95. The average molecular weight is 499 g/mol. The highest BCUT2D eigenvalue weighted by molar-refractivity contribution is 5.61. The topological polar surface area (TPSA) is 70.7 Å². The molecule has 1 saturated heterocycles. The van der Waals surface area contributed by atoms with Crippen molar-refractivity contribution in [2.45, 2.75) is 37.8 Å². The van der Waals surface area contributed by atoms with E-state index in [1.54, 1.807) is 14.2 Å². The quantitative estimate of drug-likeness (QED) is 0.475. The first kappa shape index (κ1) is 25.3. The number of hydrogen-bond acceptors (Lipinski definition) is 8. The molecule has 196 valence electrons. The molecule has 2 atom stereocenters. The summed E-state index contributed by atoms with van der Waals surface area (Å²) in [5, 5.41) is 3.50. The van der Waals surface area contributed by atoms with E-state index in [1.807, 2.05) is 0 Å². The Balaban J connectivity index is 1.25. The number of methoxy groups -OCH3 is 2. The van der Waals surface area contributed by atoms with Crippen molar-refractivity contribution in [3.05, 3.63) is 53.1 Å². The second kappa shape index (κ2) is 11.8. The molecule has 8 heteroatoms. The van der Waals surface area contributed by atoms with Crippen molar-refractivity contribution in [2.24, 2.45) is 0 Å². The maximum atomic E-state index is 6.75. The molecule has 8 nitrogen and oxygen atoms in total. The number of fused-ring (bicyclic) bond motifs is 2. The molecule has 36 heavy (non-hydrogen) atoms. The molecule has 3 aliphatic heterocycles. The van der Waals surface area contributed by atoms with Gasteiger partial charge in [-0.05, 0) is 29.8 Å². The van der Waals surface area contributed by atoms with E-state index in [9.17, 15) is 0 Å². The van der Waals surface area contributed by atoms with Crippen molar-refractivity contribution in [1.29, 1.82) is 0 Å². The molecule has 1 N–H and O–H groups in total. The first-order valence-electron chi connectivity index (χ1n) is 12.9. The Labute approximate surface area is 213 Å². The lowest BCUT2D eigenvalue weighted by Gasteiger charge is -2.40. The Morgan fingerprint density at radius 1 is 1.08 bits per heavy atom. The highest BCUT2D eigenvalue weighted by Gasteiger charge is 2.48. The zero-order valence-electron chi connectivity index (χ0n) is 21.4. The fraction of sp³-hybridized carbons (Fsp3) is 0.571. The molecule has 0 radical (unpaired) electrons. The summed E-state index contributed by atoms with van der Waals surface area (Å²) in [5.74, 6) is 1.88. The number of benzene rings is 2. The van der Waals surface area contributed by atoms with Gasteiger partial charge in [-0.3, -0.25) is 0 Å². The van der Waals surface area contributed by atoms with E-state index < -0.39 is 0 Å². The van der Waals surface area contributed by atoms with Gasteiger partial charge >= 0.3 is 0 Å². The van der Waals surface area contributed by atoms with Crippen molar-refractivity contribution in [2.75, 3.05) is 71.7 Å². The molecule has 0 aromatic heterocycles. The van der Waals surface area contributed by atoms with E-state index in [0.717, 1.165) is 67.3 Å². The van der Waals surface area contributed by atoms with E-state index in [4.69, 9.17) is 28.4 Å². The van der Waals surface area contributed by atoms with Gasteiger partial charge in [0.15, 0.2) is 0 Å². The van der Waals surface area contributed by atoms with Gasteiger partial charge in [0.2, 0.25) is 0 Å². The third-order valence-corrected chi connectivity index (χ3v) is 7.30. The van der Waals surface area contributed by atoms with E-state index in [-0.39, 0.29) is 11.7 Å². The number of para-hydroxylation sites is 1. The number of piperidine rings is 1. The number of anilines is 1. The monoisotopic (exact) mass is 498 g/mol. The predicted molar refractivity (Wildman–Crippen MR) is 137 cm³/mol. The Bertz CT molecular complexity index is 1020. The molecule has 1 fully saturated rings. The minimum atomic E-state index is -0.363. The lowest BCUT2D eigenvalue weighted by Crippen LogP contribution is -2.58. The van der Waals surface area contributed by atoms with Crippen molar-refractivity contribution < 1.29 is 28.4 Å². The minimum Gasteiger partial charge on any atom is -0.490 e. The van der Waals surface area contributed by atoms with Gasteiger partial charge in [0, 0.05) is 45.7 Å². The summed E-state index contributed by atoms with van der Waals surface area (Å²) in [7, 11) is 3.42. The van der Waals surface area contributed by atoms with E-state index in [0.29, 0.717) is 39.6 Å². The maximum Gasteiger partial charge on any atom is 0.143 e. The summed E-state index contributed by atoms with van der Waals surface area (Å²) < 4.78 is 35.4. The van der Waals surface area contributed by atoms with Gasteiger partial charge in [0.05, 0.1) is 45.3 Å². The van der Waals surface area contributed by atoms with Gasteiger partial charge in [0.1, 0.15) is 29.8 Å². The highest BCUT2D eigenvalue weighted by Crippen LogP contribution is 2.43. The lowest BCUT2D eigenvalue weighted by atomic mass is 9.85. The number of hydrogen-bond donors (Lipinski definition) is 1. The van der Waals surface area contributed by atoms with Crippen molar-refractivity contribution in [3.63, 3.8) is 0 Å². The summed E-state index contributed by atoms with van der Waals surface area (Å²) in [6.45, 7) is 6.96. The molecule has 0 aliphatic carbocycles. The lowest BCUT2D eigenvalue weighted by molar-refractivity contribution is -0.104. The Kier molecular flexibility index (Phi) is 8.29. The summed E-state index contributed by atoms with van der Waals surface area (Å²) in [6.07, 6.45) is 1.69. The van der Waals surface area contributed by atoms with Gasteiger partial charge in [-0.2, -0.15) is 0 Å².